The van der Waals surface area contributed by atoms with E-state index in [1.807, 2.05) is 13.8 Å². The molecule has 0 aliphatic heterocycles. The van der Waals surface area contributed by atoms with E-state index in [1.54, 1.807) is 0 Å². The summed E-state index contributed by atoms with van der Waals surface area (Å²) in [5, 5.41) is 22.1. The summed E-state index contributed by atoms with van der Waals surface area (Å²) in [6, 6.07) is 2.50. The fraction of sp³-hybridized carbons (Fsp3) is 0.385. The first kappa shape index (κ1) is 16.9. The van der Waals surface area contributed by atoms with Gasteiger partial charge < -0.3 is 10.4 Å². The van der Waals surface area contributed by atoms with E-state index >= 15 is 0 Å². The molecule has 0 aliphatic rings. The Morgan fingerprint density at radius 3 is 2.52 bits per heavy atom. The number of nitrogens with one attached hydrogen (secondary N) is 1. The Morgan fingerprint density at radius 1 is 1.43 bits per heavy atom. The molecule has 1 atom stereocenters. The number of nitro benzene ring substituents is 1. The van der Waals surface area contributed by atoms with Gasteiger partial charge in [-0.2, -0.15) is 0 Å². The second-order valence-electron chi connectivity index (χ2n) is 4.92. The Bertz CT molecular complexity index is 574. The van der Waals surface area contributed by atoms with Gasteiger partial charge in [0.1, 0.15) is 11.1 Å². The average molecular weight is 315 g/mol. The molecule has 2 N–H and O–H groups in total. The van der Waals surface area contributed by atoms with Crippen molar-refractivity contribution in [2.24, 2.45) is 5.92 Å². The van der Waals surface area contributed by atoms with Gasteiger partial charge in [0, 0.05) is 11.6 Å². The first-order valence-corrected chi connectivity index (χ1v) is 6.57. The number of rotatable bonds is 6. The van der Waals surface area contributed by atoms with Crippen LogP contribution in [0.4, 0.5) is 5.69 Å². The Balaban J connectivity index is 2.95. The van der Waals surface area contributed by atoms with Crippen molar-refractivity contribution in [2.75, 3.05) is 0 Å². The molecule has 1 aromatic rings. The number of amides is 1. The molecule has 0 saturated heterocycles. The highest BCUT2D eigenvalue weighted by Crippen LogP contribution is 2.25. The van der Waals surface area contributed by atoms with Crippen molar-refractivity contribution < 1.29 is 19.6 Å². The van der Waals surface area contributed by atoms with E-state index in [9.17, 15) is 19.7 Å². The van der Waals surface area contributed by atoms with Crippen LogP contribution in [0.2, 0.25) is 5.02 Å². The molecule has 0 saturated carbocycles. The summed E-state index contributed by atoms with van der Waals surface area (Å²) in [6.45, 7) is 3.66. The van der Waals surface area contributed by atoms with Crippen LogP contribution in [-0.4, -0.2) is 27.9 Å². The number of hydrogen-bond donors (Lipinski definition) is 2. The molecule has 0 unspecified atom stereocenters. The van der Waals surface area contributed by atoms with Crippen LogP contribution in [0.15, 0.2) is 18.2 Å². The van der Waals surface area contributed by atoms with Crippen LogP contribution in [-0.2, 0) is 4.79 Å². The van der Waals surface area contributed by atoms with Crippen molar-refractivity contribution in [1.82, 2.24) is 5.32 Å². The molecule has 114 valence electrons. The third-order valence-electron chi connectivity index (χ3n) is 2.72. The van der Waals surface area contributed by atoms with Gasteiger partial charge in [0.2, 0.25) is 0 Å². The van der Waals surface area contributed by atoms with Crippen molar-refractivity contribution in [3.8, 4) is 0 Å². The predicted octanol–water partition coefficient (Wildman–Crippen LogP) is 2.48. The molecule has 8 heteroatoms. The number of carboxylic acid groups (broad SMARTS) is 1. The normalized spacial score (nSPS) is 12.0. The maximum absolute atomic E-state index is 12.0. The molecule has 0 spiro atoms. The quantitative estimate of drug-likeness (QED) is 0.619. The van der Waals surface area contributed by atoms with Crippen LogP contribution < -0.4 is 5.32 Å². The number of aliphatic carboxylic acids is 1. The van der Waals surface area contributed by atoms with E-state index in [4.69, 9.17) is 16.7 Å². The smallest absolute Gasteiger partial charge is 0.326 e. The third-order valence-corrected chi connectivity index (χ3v) is 3.04. The standard InChI is InChI=1S/C13H15ClN2O5/c1-7(2)5-10(13(18)19)15-12(17)8-3-4-9(14)11(6-8)16(20)21/h3-4,6-7,10H,5H2,1-2H3,(H,15,17)(H,18,19)/t10-/m1/s1. The predicted molar refractivity (Wildman–Crippen MR) is 76.5 cm³/mol. The Morgan fingerprint density at radius 2 is 2.05 bits per heavy atom. The molecular weight excluding hydrogens is 300 g/mol. The summed E-state index contributed by atoms with van der Waals surface area (Å²) in [4.78, 5) is 33.1. The summed E-state index contributed by atoms with van der Waals surface area (Å²) < 4.78 is 0. The summed E-state index contributed by atoms with van der Waals surface area (Å²) in [7, 11) is 0. The van der Waals surface area contributed by atoms with E-state index in [2.05, 4.69) is 5.32 Å². The summed E-state index contributed by atoms with van der Waals surface area (Å²) >= 11 is 5.65. The minimum atomic E-state index is -1.15. The van der Waals surface area contributed by atoms with Crippen LogP contribution in [0, 0.1) is 16.0 Å². The van der Waals surface area contributed by atoms with E-state index in [-0.39, 0.29) is 22.9 Å². The zero-order chi connectivity index (χ0) is 16.2. The van der Waals surface area contributed by atoms with Gasteiger partial charge in [-0.15, -0.1) is 0 Å². The van der Waals surface area contributed by atoms with Gasteiger partial charge in [-0.1, -0.05) is 25.4 Å². The monoisotopic (exact) mass is 314 g/mol. The van der Waals surface area contributed by atoms with E-state index in [0.29, 0.717) is 0 Å². The van der Waals surface area contributed by atoms with E-state index in [0.717, 1.165) is 6.07 Å². The van der Waals surface area contributed by atoms with Crippen LogP contribution in [0.3, 0.4) is 0 Å². The number of benzene rings is 1. The molecule has 0 aliphatic carbocycles. The van der Waals surface area contributed by atoms with Crippen LogP contribution in [0.1, 0.15) is 30.6 Å². The first-order chi connectivity index (χ1) is 9.72. The largest absolute Gasteiger partial charge is 0.480 e. The number of carbonyl (C=O) groups excluding carboxylic acids is 1. The van der Waals surface area contributed by atoms with Crippen molar-refractivity contribution in [3.05, 3.63) is 38.9 Å². The van der Waals surface area contributed by atoms with Gasteiger partial charge in [-0.05, 0) is 24.5 Å². The Kier molecular flexibility index (Phi) is 5.66. The molecular formula is C13H15ClN2O5. The fourth-order valence-electron chi connectivity index (χ4n) is 1.73. The second kappa shape index (κ2) is 7.03. The van der Waals surface area contributed by atoms with Crippen molar-refractivity contribution in [2.45, 2.75) is 26.3 Å². The lowest BCUT2D eigenvalue weighted by molar-refractivity contribution is -0.384. The molecule has 0 fully saturated rings. The van der Waals surface area contributed by atoms with E-state index < -0.39 is 28.5 Å². The van der Waals surface area contributed by atoms with E-state index in [1.165, 1.54) is 12.1 Å². The molecule has 0 bridgehead atoms. The number of carboxylic acids is 1. The van der Waals surface area contributed by atoms with Gasteiger partial charge >= 0.3 is 5.97 Å². The molecule has 7 nitrogen and oxygen atoms in total. The van der Waals surface area contributed by atoms with Gasteiger partial charge in [-0.25, -0.2) is 4.79 Å². The summed E-state index contributed by atoms with van der Waals surface area (Å²) in [5.41, 5.74) is -0.416. The van der Waals surface area contributed by atoms with Gasteiger partial charge in [0.15, 0.2) is 0 Å². The molecule has 0 heterocycles. The number of halogens is 1. The van der Waals surface area contributed by atoms with Crippen molar-refractivity contribution >= 4 is 29.2 Å². The lowest BCUT2D eigenvalue weighted by atomic mass is 10.0. The zero-order valence-corrected chi connectivity index (χ0v) is 12.3. The Labute approximate surface area is 126 Å². The topological polar surface area (TPSA) is 110 Å². The van der Waals surface area contributed by atoms with Crippen LogP contribution in [0.5, 0.6) is 0 Å². The first-order valence-electron chi connectivity index (χ1n) is 6.20. The molecule has 1 rings (SSSR count). The third kappa shape index (κ3) is 4.71. The molecule has 1 aromatic carbocycles. The maximum atomic E-state index is 12.0. The maximum Gasteiger partial charge on any atom is 0.326 e. The van der Waals surface area contributed by atoms with Gasteiger partial charge in [-0.3, -0.25) is 14.9 Å². The fourth-order valence-corrected chi connectivity index (χ4v) is 1.91. The highest BCUT2D eigenvalue weighted by atomic mass is 35.5. The number of carbonyl (C=O) groups is 2. The van der Waals surface area contributed by atoms with Crippen molar-refractivity contribution in [1.29, 1.82) is 0 Å². The Hall–Kier alpha value is -2.15. The summed E-state index contributed by atoms with van der Waals surface area (Å²) in [5.74, 6) is -1.77. The minimum absolute atomic E-state index is 0.0129. The number of hydrogen-bond acceptors (Lipinski definition) is 4. The van der Waals surface area contributed by atoms with Gasteiger partial charge in [0.25, 0.3) is 11.6 Å². The summed E-state index contributed by atoms with van der Waals surface area (Å²) in [6.07, 6.45) is 0.261. The highest BCUT2D eigenvalue weighted by Gasteiger charge is 2.23. The molecule has 21 heavy (non-hydrogen) atoms. The van der Waals surface area contributed by atoms with Crippen LogP contribution >= 0.6 is 11.6 Å². The molecule has 1 amide bonds. The minimum Gasteiger partial charge on any atom is -0.480 e. The SMILES string of the molecule is CC(C)C[C@@H](NC(=O)c1ccc(Cl)c([N+](=O)[O-])c1)C(=O)O. The lowest BCUT2D eigenvalue weighted by Gasteiger charge is -2.16. The highest BCUT2D eigenvalue weighted by molar-refractivity contribution is 6.32. The number of nitro groups is 1. The van der Waals surface area contributed by atoms with Crippen LogP contribution in [0.25, 0.3) is 0 Å². The second-order valence-corrected chi connectivity index (χ2v) is 5.32. The molecule has 0 aromatic heterocycles. The van der Waals surface area contributed by atoms with Crippen molar-refractivity contribution in [3.63, 3.8) is 0 Å². The lowest BCUT2D eigenvalue weighted by Crippen LogP contribution is -2.41. The average Bonchev–Trinajstić information content (AvgIpc) is 2.37. The number of nitrogens with zero attached hydrogens (tertiary/aromatic N) is 1. The zero-order valence-electron chi connectivity index (χ0n) is 11.5. The molecule has 0 radical (unpaired) electrons. The van der Waals surface area contributed by atoms with Gasteiger partial charge in [0.05, 0.1) is 4.92 Å².